The first-order valence-electron chi connectivity index (χ1n) is 10.2. The van der Waals surface area contributed by atoms with Crippen molar-refractivity contribution in [3.8, 4) is 0 Å². The number of rotatable bonds is 5. The van der Waals surface area contributed by atoms with E-state index >= 15 is 0 Å². The van der Waals surface area contributed by atoms with Crippen molar-refractivity contribution in [3.05, 3.63) is 41.0 Å². The first-order chi connectivity index (χ1) is 13.1. The summed E-state index contributed by atoms with van der Waals surface area (Å²) in [7, 11) is 0. The van der Waals surface area contributed by atoms with Crippen molar-refractivity contribution in [2.45, 2.75) is 46.5 Å². The number of carbonyl (C=O) groups is 1. The number of nitrogens with zero attached hydrogens (tertiary/aromatic N) is 2. The van der Waals surface area contributed by atoms with Crippen LogP contribution in [0, 0.1) is 12.8 Å². The third-order valence-electron chi connectivity index (χ3n) is 5.43. The third kappa shape index (κ3) is 4.90. The Kier molecular flexibility index (Phi) is 6.54. The van der Waals surface area contributed by atoms with Crippen LogP contribution in [0.2, 0.25) is 0 Å². The van der Waals surface area contributed by atoms with Gasteiger partial charge in [-0.15, -0.1) is 0 Å². The number of piperidine rings is 1. The number of aryl methyl sites for hydroxylation is 1. The number of carbonyl (C=O) groups excluding carboxylic acids is 1. The van der Waals surface area contributed by atoms with Gasteiger partial charge in [-0.3, -0.25) is 4.79 Å². The van der Waals surface area contributed by atoms with Gasteiger partial charge in [-0.25, -0.2) is 4.99 Å². The topological polar surface area (TPSA) is 56.7 Å². The molecular formula is C22H32N4O. The third-order valence-corrected chi connectivity index (χ3v) is 5.43. The summed E-state index contributed by atoms with van der Waals surface area (Å²) in [4.78, 5) is 19.8. The molecule has 1 aromatic carbocycles. The van der Waals surface area contributed by atoms with Crippen molar-refractivity contribution in [2.75, 3.05) is 26.2 Å². The molecule has 2 aliphatic heterocycles. The van der Waals surface area contributed by atoms with Gasteiger partial charge in [-0.05, 0) is 37.7 Å². The van der Waals surface area contributed by atoms with Gasteiger partial charge in [-0.2, -0.15) is 0 Å². The molecule has 2 N–H and O–H groups in total. The zero-order chi connectivity index (χ0) is 19.2. The summed E-state index contributed by atoms with van der Waals surface area (Å²) in [5, 5.41) is 6.76. The lowest BCUT2D eigenvalue weighted by Crippen LogP contribution is -2.44. The fourth-order valence-electron chi connectivity index (χ4n) is 3.50. The van der Waals surface area contributed by atoms with Gasteiger partial charge in [0.25, 0.3) is 5.91 Å². The highest BCUT2D eigenvalue weighted by atomic mass is 16.2. The summed E-state index contributed by atoms with van der Waals surface area (Å²) in [5.74, 6) is 1.60. The number of benzene rings is 1. The number of nitrogens with one attached hydrogen (secondary N) is 2. The van der Waals surface area contributed by atoms with Crippen LogP contribution in [0.3, 0.4) is 0 Å². The predicted molar refractivity (Wildman–Crippen MR) is 111 cm³/mol. The number of guanidine groups is 1. The lowest BCUT2D eigenvalue weighted by molar-refractivity contribution is -0.128. The molecule has 146 valence electrons. The van der Waals surface area contributed by atoms with E-state index in [9.17, 15) is 4.79 Å². The highest BCUT2D eigenvalue weighted by molar-refractivity contribution is 6.06. The Morgan fingerprint density at radius 3 is 2.63 bits per heavy atom. The molecule has 0 atom stereocenters. The van der Waals surface area contributed by atoms with E-state index in [1.165, 1.54) is 5.56 Å². The van der Waals surface area contributed by atoms with E-state index in [1.807, 2.05) is 4.90 Å². The van der Waals surface area contributed by atoms with Crippen LogP contribution in [0.25, 0.3) is 5.70 Å². The van der Waals surface area contributed by atoms with Gasteiger partial charge in [0.1, 0.15) is 0 Å². The van der Waals surface area contributed by atoms with Crippen LogP contribution in [0.5, 0.6) is 0 Å². The number of aliphatic imine (C=N–C) groups is 1. The van der Waals surface area contributed by atoms with Crippen molar-refractivity contribution >= 4 is 17.6 Å². The van der Waals surface area contributed by atoms with Crippen LogP contribution in [0.1, 0.15) is 50.7 Å². The van der Waals surface area contributed by atoms with Crippen molar-refractivity contribution in [2.24, 2.45) is 10.9 Å². The fourth-order valence-corrected chi connectivity index (χ4v) is 3.50. The molecule has 1 fully saturated rings. The van der Waals surface area contributed by atoms with E-state index in [2.05, 4.69) is 60.7 Å². The normalized spacial score (nSPS) is 18.2. The SMILES string of the molecule is CCCCNC1=NCC(C(=O)N2CCC(C)CC2)=C(c2ccc(C)cc2)N1. The molecule has 27 heavy (non-hydrogen) atoms. The lowest BCUT2D eigenvalue weighted by atomic mass is 9.97. The van der Waals surface area contributed by atoms with Gasteiger partial charge in [0.05, 0.1) is 17.8 Å². The van der Waals surface area contributed by atoms with E-state index in [1.54, 1.807) is 0 Å². The first kappa shape index (κ1) is 19.5. The van der Waals surface area contributed by atoms with Crippen molar-refractivity contribution in [1.29, 1.82) is 0 Å². The zero-order valence-electron chi connectivity index (χ0n) is 16.8. The van der Waals surface area contributed by atoms with Gasteiger partial charge < -0.3 is 15.5 Å². The molecule has 0 unspecified atom stereocenters. The van der Waals surface area contributed by atoms with Crippen LogP contribution in [0.15, 0.2) is 34.8 Å². The molecule has 1 saturated heterocycles. The minimum Gasteiger partial charge on any atom is -0.356 e. The molecule has 0 saturated carbocycles. The molecule has 1 amide bonds. The van der Waals surface area contributed by atoms with Gasteiger partial charge in [-0.1, -0.05) is 50.1 Å². The highest BCUT2D eigenvalue weighted by Crippen LogP contribution is 2.24. The monoisotopic (exact) mass is 368 g/mol. The summed E-state index contributed by atoms with van der Waals surface area (Å²) in [6, 6.07) is 8.34. The van der Waals surface area contributed by atoms with Crippen molar-refractivity contribution < 1.29 is 4.79 Å². The summed E-state index contributed by atoms with van der Waals surface area (Å²) < 4.78 is 0. The van der Waals surface area contributed by atoms with Crippen LogP contribution in [0.4, 0.5) is 0 Å². The Hall–Kier alpha value is -2.30. The number of amides is 1. The van der Waals surface area contributed by atoms with Crippen molar-refractivity contribution in [1.82, 2.24) is 15.5 Å². The first-order valence-corrected chi connectivity index (χ1v) is 10.2. The maximum absolute atomic E-state index is 13.2. The van der Waals surface area contributed by atoms with Crippen LogP contribution in [-0.2, 0) is 4.79 Å². The smallest absolute Gasteiger partial charge is 0.253 e. The summed E-state index contributed by atoms with van der Waals surface area (Å²) in [5.41, 5.74) is 3.92. The minimum absolute atomic E-state index is 0.126. The van der Waals surface area contributed by atoms with E-state index in [0.29, 0.717) is 12.5 Å². The molecule has 2 aliphatic rings. The van der Waals surface area contributed by atoms with Gasteiger partial charge in [0, 0.05) is 19.6 Å². The number of unbranched alkanes of at least 4 members (excludes halogenated alkanes) is 1. The van der Waals surface area contributed by atoms with Crippen LogP contribution < -0.4 is 10.6 Å². The maximum Gasteiger partial charge on any atom is 0.253 e. The van der Waals surface area contributed by atoms with Gasteiger partial charge >= 0.3 is 0 Å². The van der Waals surface area contributed by atoms with E-state index < -0.39 is 0 Å². The molecule has 0 radical (unpaired) electrons. The largest absolute Gasteiger partial charge is 0.356 e. The highest BCUT2D eigenvalue weighted by Gasteiger charge is 2.28. The van der Waals surface area contributed by atoms with E-state index in [-0.39, 0.29) is 5.91 Å². The maximum atomic E-state index is 13.2. The minimum atomic E-state index is 0.126. The molecule has 3 rings (SSSR count). The standard InChI is InChI=1S/C22H32N4O/c1-4-5-12-23-22-24-15-19(21(27)26-13-10-17(3)11-14-26)20(25-22)18-8-6-16(2)7-9-18/h6-9,17H,4-5,10-15H2,1-3H3,(H2,23,24,25). The molecule has 1 aromatic rings. The summed E-state index contributed by atoms with van der Waals surface area (Å²) in [6.07, 6.45) is 4.40. The summed E-state index contributed by atoms with van der Waals surface area (Å²) >= 11 is 0. The number of hydrogen-bond donors (Lipinski definition) is 2. The average Bonchev–Trinajstić information content (AvgIpc) is 2.69. The second-order valence-electron chi connectivity index (χ2n) is 7.76. The average molecular weight is 369 g/mol. The van der Waals surface area contributed by atoms with Crippen LogP contribution in [-0.4, -0.2) is 42.9 Å². The molecule has 0 aromatic heterocycles. The Morgan fingerprint density at radius 1 is 1.26 bits per heavy atom. The van der Waals surface area contributed by atoms with E-state index in [0.717, 1.165) is 68.1 Å². The molecule has 5 heteroatoms. The zero-order valence-corrected chi connectivity index (χ0v) is 16.8. The number of likely N-dealkylation sites (tertiary alicyclic amines) is 1. The lowest BCUT2D eigenvalue weighted by Gasteiger charge is -2.32. The Labute approximate surface area is 162 Å². The summed E-state index contributed by atoms with van der Waals surface area (Å²) in [6.45, 7) is 9.51. The second kappa shape index (κ2) is 9.07. The molecule has 5 nitrogen and oxygen atoms in total. The molecule has 2 heterocycles. The fraction of sp³-hybridized carbons (Fsp3) is 0.545. The Bertz CT molecular complexity index is 712. The Balaban J connectivity index is 1.83. The van der Waals surface area contributed by atoms with E-state index in [4.69, 9.17) is 0 Å². The van der Waals surface area contributed by atoms with Crippen molar-refractivity contribution in [3.63, 3.8) is 0 Å². The Morgan fingerprint density at radius 2 is 1.96 bits per heavy atom. The predicted octanol–water partition coefficient (Wildman–Crippen LogP) is 3.31. The number of hydrogen-bond acceptors (Lipinski definition) is 4. The van der Waals surface area contributed by atoms with Gasteiger partial charge in [0.15, 0.2) is 5.96 Å². The van der Waals surface area contributed by atoms with Crippen LogP contribution >= 0.6 is 0 Å². The molecule has 0 aliphatic carbocycles. The molecule has 0 spiro atoms. The second-order valence-corrected chi connectivity index (χ2v) is 7.76. The quantitative estimate of drug-likeness (QED) is 0.784. The van der Waals surface area contributed by atoms with Gasteiger partial charge in [0.2, 0.25) is 0 Å². The molecule has 0 bridgehead atoms. The molecular weight excluding hydrogens is 336 g/mol.